The first-order valence-electron chi connectivity index (χ1n) is 8.41. The summed E-state index contributed by atoms with van der Waals surface area (Å²) in [4.78, 5) is 28.5. The van der Waals surface area contributed by atoms with Crippen molar-refractivity contribution >= 4 is 22.7 Å². The van der Waals surface area contributed by atoms with Gasteiger partial charge in [-0.3, -0.25) is 9.59 Å². The lowest BCUT2D eigenvalue weighted by Gasteiger charge is -2.13. The van der Waals surface area contributed by atoms with Crippen molar-refractivity contribution in [3.63, 3.8) is 0 Å². The average molecular weight is 335 g/mol. The molecule has 3 aromatic rings. The third-order valence-corrected chi connectivity index (χ3v) is 4.21. The highest BCUT2D eigenvalue weighted by molar-refractivity contribution is 6.05. The molecule has 0 amide bonds. The van der Waals surface area contributed by atoms with E-state index in [0.29, 0.717) is 5.69 Å². The zero-order valence-corrected chi connectivity index (χ0v) is 14.4. The topological polar surface area (TPSA) is 59.2 Å². The van der Waals surface area contributed by atoms with E-state index in [-0.39, 0.29) is 18.8 Å². The molecule has 0 saturated heterocycles. The molecule has 128 valence electrons. The molecular formula is C21H21NO3. The lowest BCUT2D eigenvalue weighted by molar-refractivity contribution is -0.147. The number of esters is 1. The number of Topliss-reactive ketones (excluding diaryl/α,β-unsaturated/α-hetero) is 1. The number of fused-ring (bicyclic) bond motifs is 1. The van der Waals surface area contributed by atoms with E-state index >= 15 is 0 Å². The van der Waals surface area contributed by atoms with Crippen LogP contribution in [0, 0.1) is 6.92 Å². The van der Waals surface area contributed by atoms with Crippen molar-refractivity contribution in [2.45, 2.75) is 26.2 Å². The molecule has 0 fully saturated rings. The number of aromatic amines is 1. The summed E-state index contributed by atoms with van der Waals surface area (Å²) in [5.74, 6) is -1.62. The van der Waals surface area contributed by atoms with Crippen molar-refractivity contribution in [2.75, 3.05) is 6.61 Å². The number of para-hydroxylation sites is 1. The molecule has 1 N–H and O–H groups in total. The van der Waals surface area contributed by atoms with Crippen LogP contribution < -0.4 is 0 Å². The van der Waals surface area contributed by atoms with E-state index in [1.165, 1.54) is 0 Å². The van der Waals surface area contributed by atoms with Gasteiger partial charge in [-0.25, -0.2) is 0 Å². The van der Waals surface area contributed by atoms with Crippen LogP contribution in [0.5, 0.6) is 0 Å². The van der Waals surface area contributed by atoms with Gasteiger partial charge in [-0.2, -0.15) is 0 Å². The fourth-order valence-corrected chi connectivity index (χ4v) is 2.92. The summed E-state index contributed by atoms with van der Waals surface area (Å²) < 4.78 is 5.15. The van der Waals surface area contributed by atoms with Crippen molar-refractivity contribution in [3.8, 4) is 0 Å². The van der Waals surface area contributed by atoms with Gasteiger partial charge in [-0.05, 0) is 36.9 Å². The van der Waals surface area contributed by atoms with Crippen LogP contribution in [-0.2, 0) is 20.7 Å². The highest BCUT2D eigenvalue weighted by Gasteiger charge is 2.31. The Morgan fingerprint density at radius 1 is 1.08 bits per heavy atom. The monoisotopic (exact) mass is 335 g/mol. The SMILES string of the molecule is CCOC(=O)C(C(=O)Cc1ccc(C)cc1)c1cc2ccccc2[nH]1. The van der Waals surface area contributed by atoms with Gasteiger partial charge < -0.3 is 9.72 Å². The summed E-state index contributed by atoms with van der Waals surface area (Å²) in [6.07, 6.45) is 0.194. The van der Waals surface area contributed by atoms with Gasteiger partial charge in [0.2, 0.25) is 0 Å². The second-order valence-electron chi connectivity index (χ2n) is 6.13. The van der Waals surface area contributed by atoms with Gasteiger partial charge in [0.1, 0.15) is 0 Å². The van der Waals surface area contributed by atoms with Crippen molar-refractivity contribution in [1.82, 2.24) is 4.98 Å². The summed E-state index contributed by atoms with van der Waals surface area (Å²) in [5, 5.41) is 0.968. The lowest BCUT2D eigenvalue weighted by atomic mass is 9.94. The van der Waals surface area contributed by atoms with E-state index in [9.17, 15) is 9.59 Å². The quantitative estimate of drug-likeness (QED) is 0.548. The summed E-state index contributed by atoms with van der Waals surface area (Å²) in [7, 11) is 0. The van der Waals surface area contributed by atoms with Crippen LogP contribution >= 0.6 is 0 Å². The Kier molecular flexibility index (Phi) is 4.98. The first-order valence-corrected chi connectivity index (χ1v) is 8.41. The number of ether oxygens (including phenoxy) is 1. The number of carbonyl (C=O) groups is 2. The van der Waals surface area contributed by atoms with Crippen LogP contribution in [-0.4, -0.2) is 23.3 Å². The summed E-state index contributed by atoms with van der Waals surface area (Å²) in [5.41, 5.74) is 3.50. The fraction of sp³-hybridized carbons (Fsp3) is 0.238. The number of hydrogen-bond donors (Lipinski definition) is 1. The zero-order valence-electron chi connectivity index (χ0n) is 14.4. The Bertz CT molecular complexity index is 860. The first kappa shape index (κ1) is 17.0. The first-order chi connectivity index (χ1) is 12.1. The van der Waals surface area contributed by atoms with Crippen molar-refractivity contribution in [2.24, 2.45) is 0 Å². The van der Waals surface area contributed by atoms with Crippen molar-refractivity contribution in [3.05, 3.63) is 71.4 Å². The number of aromatic nitrogens is 1. The smallest absolute Gasteiger partial charge is 0.322 e. The van der Waals surface area contributed by atoms with Gasteiger partial charge in [0.15, 0.2) is 11.7 Å². The number of carbonyl (C=O) groups excluding carboxylic acids is 2. The van der Waals surface area contributed by atoms with E-state index in [2.05, 4.69) is 4.98 Å². The minimum absolute atomic E-state index is 0.172. The van der Waals surface area contributed by atoms with Gasteiger partial charge in [-0.15, -0.1) is 0 Å². The number of H-pyrrole nitrogens is 1. The second-order valence-corrected chi connectivity index (χ2v) is 6.13. The van der Waals surface area contributed by atoms with E-state index < -0.39 is 11.9 Å². The molecule has 4 heteroatoms. The summed E-state index contributed by atoms with van der Waals surface area (Å²) >= 11 is 0. The Hall–Kier alpha value is -2.88. The summed E-state index contributed by atoms with van der Waals surface area (Å²) in [6.45, 7) is 3.98. The Labute approximate surface area is 146 Å². The van der Waals surface area contributed by atoms with Gasteiger partial charge in [0.25, 0.3) is 0 Å². The molecular weight excluding hydrogens is 314 g/mol. The maximum atomic E-state index is 12.9. The minimum Gasteiger partial charge on any atom is -0.465 e. The predicted octanol–water partition coefficient (Wildman–Crippen LogP) is 3.93. The molecule has 1 heterocycles. The van der Waals surface area contributed by atoms with Crippen molar-refractivity contribution in [1.29, 1.82) is 0 Å². The van der Waals surface area contributed by atoms with Crippen LogP contribution in [0.25, 0.3) is 10.9 Å². The number of nitrogens with one attached hydrogen (secondary N) is 1. The lowest BCUT2D eigenvalue weighted by Crippen LogP contribution is -2.26. The zero-order chi connectivity index (χ0) is 17.8. The van der Waals surface area contributed by atoms with Crippen LogP contribution in [0.2, 0.25) is 0 Å². The van der Waals surface area contributed by atoms with Crippen molar-refractivity contribution < 1.29 is 14.3 Å². The maximum absolute atomic E-state index is 12.9. The summed E-state index contributed by atoms with van der Waals surface area (Å²) in [6, 6.07) is 17.3. The largest absolute Gasteiger partial charge is 0.465 e. The van der Waals surface area contributed by atoms with E-state index in [1.54, 1.807) is 6.92 Å². The predicted molar refractivity (Wildman–Crippen MR) is 97.6 cm³/mol. The number of benzene rings is 2. The number of rotatable bonds is 6. The molecule has 1 atom stereocenters. The third-order valence-electron chi connectivity index (χ3n) is 4.21. The van der Waals surface area contributed by atoms with Gasteiger partial charge >= 0.3 is 5.97 Å². The normalized spacial score (nSPS) is 12.1. The molecule has 0 aliphatic carbocycles. The van der Waals surface area contributed by atoms with Crippen LogP contribution in [0.4, 0.5) is 0 Å². The molecule has 2 aromatic carbocycles. The highest BCUT2D eigenvalue weighted by Crippen LogP contribution is 2.25. The Morgan fingerprint density at radius 2 is 1.80 bits per heavy atom. The molecule has 1 unspecified atom stereocenters. The molecule has 0 bridgehead atoms. The van der Waals surface area contributed by atoms with Crippen LogP contribution in [0.15, 0.2) is 54.6 Å². The minimum atomic E-state index is -0.936. The molecule has 4 nitrogen and oxygen atoms in total. The third kappa shape index (κ3) is 3.79. The Morgan fingerprint density at radius 3 is 2.48 bits per heavy atom. The maximum Gasteiger partial charge on any atom is 0.322 e. The van der Waals surface area contributed by atoms with E-state index in [0.717, 1.165) is 22.0 Å². The number of ketones is 1. The molecule has 0 aliphatic rings. The standard InChI is InChI=1S/C21H21NO3/c1-3-25-21(24)20(18-13-16-6-4-5-7-17(16)22-18)19(23)12-15-10-8-14(2)9-11-15/h4-11,13,20,22H,3,12H2,1-2H3. The fourth-order valence-electron chi connectivity index (χ4n) is 2.92. The molecule has 1 aromatic heterocycles. The molecule has 25 heavy (non-hydrogen) atoms. The van der Waals surface area contributed by atoms with Crippen LogP contribution in [0.1, 0.15) is 29.7 Å². The van der Waals surface area contributed by atoms with E-state index in [4.69, 9.17) is 4.74 Å². The van der Waals surface area contributed by atoms with E-state index in [1.807, 2.05) is 61.5 Å². The molecule has 0 saturated carbocycles. The number of aryl methyl sites for hydroxylation is 1. The molecule has 3 rings (SSSR count). The van der Waals surface area contributed by atoms with Gasteiger partial charge in [-0.1, -0.05) is 48.0 Å². The second kappa shape index (κ2) is 7.34. The van der Waals surface area contributed by atoms with Gasteiger partial charge in [0, 0.05) is 17.6 Å². The average Bonchev–Trinajstić information content (AvgIpc) is 3.00. The van der Waals surface area contributed by atoms with Crippen LogP contribution in [0.3, 0.4) is 0 Å². The Balaban J connectivity index is 1.92. The number of hydrogen-bond acceptors (Lipinski definition) is 3. The van der Waals surface area contributed by atoms with Gasteiger partial charge in [0.05, 0.1) is 6.61 Å². The molecule has 0 aliphatic heterocycles. The molecule has 0 radical (unpaired) electrons. The molecule has 0 spiro atoms. The highest BCUT2D eigenvalue weighted by atomic mass is 16.5.